The third kappa shape index (κ3) is 4.23. The van der Waals surface area contributed by atoms with Crippen molar-refractivity contribution in [2.45, 2.75) is 12.3 Å². The molecule has 1 rings (SSSR count). The molecule has 1 aromatic heterocycles. The van der Waals surface area contributed by atoms with Crippen LogP contribution in [0.4, 0.5) is 0 Å². The Morgan fingerprint density at radius 3 is 2.63 bits per heavy atom. The zero-order valence-electron chi connectivity index (χ0n) is 10.1. The number of carbonyl (C=O) groups is 2. The summed E-state index contributed by atoms with van der Waals surface area (Å²) in [5.41, 5.74) is 10.5. The molecular weight excluding hydrogens is 272 g/mol. The number of methoxy groups -OCH3 is 1. The first-order valence-corrected chi connectivity index (χ1v) is 6.01. The number of nitrogens with two attached hydrogens (primary N) is 2. The lowest BCUT2D eigenvalue weighted by atomic mass is 10.2. The number of hydrogen-bond acceptors (Lipinski definition) is 5. The number of amides is 1. The topological polar surface area (TPSA) is 140 Å². The van der Waals surface area contributed by atoms with Gasteiger partial charge >= 0.3 is 5.97 Å². The first-order valence-electron chi connectivity index (χ1n) is 5.13. The highest BCUT2D eigenvalue weighted by molar-refractivity contribution is 7.10. The predicted molar refractivity (Wildman–Crippen MR) is 69.4 cm³/mol. The zero-order chi connectivity index (χ0) is 14.4. The average Bonchev–Trinajstić information content (AvgIpc) is 2.85. The lowest BCUT2D eigenvalue weighted by molar-refractivity contribution is -0.153. The number of rotatable bonds is 6. The van der Waals surface area contributed by atoms with E-state index in [2.05, 4.69) is 15.0 Å². The van der Waals surface area contributed by atoms with E-state index in [1.807, 2.05) is 0 Å². The molecule has 8 nitrogen and oxygen atoms in total. The van der Waals surface area contributed by atoms with E-state index >= 15 is 0 Å². The Hall–Kier alpha value is -2.13. The smallest absolute Gasteiger partial charge is 0.354 e. The maximum absolute atomic E-state index is 12.0. The lowest BCUT2D eigenvalue weighted by Crippen LogP contribution is -2.44. The van der Waals surface area contributed by atoms with Gasteiger partial charge < -0.3 is 26.6 Å². The number of thiophene rings is 1. The van der Waals surface area contributed by atoms with Gasteiger partial charge in [0.15, 0.2) is 12.0 Å². The van der Waals surface area contributed by atoms with Crippen LogP contribution in [0.3, 0.4) is 0 Å². The predicted octanol–water partition coefficient (Wildman–Crippen LogP) is -0.764. The molecule has 0 aromatic carbocycles. The number of nitrogens with one attached hydrogen (secondary N) is 1. The van der Waals surface area contributed by atoms with Gasteiger partial charge in [-0.05, 0) is 11.4 Å². The quantitative estimate of drug-likeness (QED) is 0.308. The van der Waals surface area contributed by atoms with Crippen molar-refractivity contribution in [3.8, 4) is 0 Å². The fraction of sp³-hybridized carbons (Fsp3) is 0.300. The Bertz CT molecular complexity index is 470. The second-order valence-corrected chi connectivity index (χ2v) is 4.41. The maximum Gasteiger partial charge on any atom is 0.354 e. The first-order chi connectivity index (χ1) is 8.95. The van der Waals surface area contributed by atoms with Crippen LogP contribution in [-0.4, -0.2) is 36.3 Å². The molecule has 0 fully saturated rings. The molecule has 0 aliphatic heterocycles. The number of aliphatic carboxylic acids is 1. The van der Waals surface area contributed by atoms with Crippen LogP contribution >= 0.6 is 11.3 Å². The molecule has 0 saturated carbocycles. The number of guanidine groups is 1. The third-order valence-corrected chi connectivity index (χ3v) is 3.00. The largest absolute Gasteiger partial charge is 0.478 e. The zero-order valence-corrected chi connectivity index (χ0v) is 10.9. The van der Waals surface area contributed by atoms with Crippen molar-refractivity contribution >= 4 is 29.2 Å². The van der Waals surface area contributed by atoms with Gasteiger partial charge in [0.25, 0.3) is 5.91 Å². The van der Waals surface area contributed by atoms with Crippen molar-refractivity contribution in [2.75, 3.05) is 7.11 Å². The summed E-state index contributed by atoms with van der Waals surface area (Å²) < 4.78 is 4.62. The lowest BCUT2D eigenvalue weighted by Gasteiger charge is -2.16. The van der Waals surface area contributed by atoms with Crippen LogP contribution in [0.15, 0.2) is 22.5 Å². The van der Waals surface area contributed by atoms with Gasteiger partial charge in [0, 0.05) is 12.0 Å². The van der Waals surface area contributed by atoms with Crippen LogP contribution in [0.25, 0.3) is 0 Å². The van der Waals surface area contributed by atoms with E-state index in [-0.39, 0.29) is 5.96 Å². The molecule has 0 radical (unpaired) electrons. The number of hydrogen-bond donors (Lipinski definition) is 4. The Morgan fingerprint density at radius 1 is 1.53 bits per heavy atom. The molecular formula is C10H14N4O4S. The molecule has 19 heavy (non-hydrogen) atoms. The minimum atomic E-state index is -1.45. The number of carbonyl (C=O) groups excluding carboxylic acids is 1. The van der Waals surface area contributed by atoms with Crippen LogP contribution in [0.2, 0.25) is 0 Å². The molecule has 2 unspecified atom stereocenters. The Morgan fingerprint density at radius 2 is 2.21 bits per heavy atom. The second-order valence-electron chi connectivity index (χ2n) is 3.43. The molecule has 0 aliphatic rings. The van der Waals surface area contributed by atoms with Crippen molar-refractivity contribution in [3.05, 3.63) is 22.4 Å². The van der Waals surface area contributed by atoms with Crippen LogP contribution in [0, 0.1) is 0 Å². The van der Waals surface area contributed by atoms with Crippen LogP contribution in [0.1, 0.15) is 10.9 Å². The normalized spacial score (nSPS) is 13.3. The van der Waals surface area contributed by atoms with E-state index in [4.69, 9.17) is 16.6 Å². The van der Waals surface area contributed by atoms with Gasteiger partial charge in [-0.1, -0.05) is 6.07 Å². The first kappa shape index (κ1) is 14.9. The highest BCUT2D eigenvalue weighted by Gasteiger charge is 2.26. The highest BCUT2D eigenvalue weighted by atomic mass is 32.1. The van der Waals surface area contributed by atoms with Crippen molar-refractivity contribution in [1.29, 1.82) is 0 Å². The van der Waals surface area contributed by atoms with Gasteiger partial charge in [-0.3, -0.25) is 4.79 Å². The highest BCUT2D eigenvalue weighted by Crippen LogP contribution is 2.22. The monoisotopic (exact) mass is 286 g/mol. The second kappa shape index (κ2) is 6.71. The van der Waals surface area contributed by atoms with E-state index in [1.165, 1.54) is 18.4 Å². The van der Waals surface area contributed by atoms with Crippen LogP contribution in [0.5, 0.6) is 0 Å². The fourth-order valence-corrected chi connectivity index (χ4v) is 2.04. The fourth-order valence-electron chi connectivity index (χ4n) is 1.28. The minimum Gasteiger partial charge on any atom is -0.478 e. The van der Waals surface area contributed by atoms with Gasteiger partial charge in [0.1, 0.15) is 0 Å². The molecule has 1 aromatic rings. The molecule has 6 N–H and O–H groups in total. The number of aliphatic imine (C=N–C) groups is 1. The standard InChI is InChI=1S/C10H14N4O4S/c1-18-8(9(16)17)14-7(15)6(13-10(11)12)5-3-2-4-19-5/h2-4,6,8H,1H3,(H,14,15)(H,16,17)(H4,11,12,13). The van der Waals surface area contributed by atoms with Crippen molar-refractivity contribution in [2.24, 2.45) is 16.5 Å². The summed E-state index contributed by atoms with van der Waals surface area (Å²) in [7, 11) is 1.17. The molecule has 1 heterocycles. The van der Waals surface area contributed by atoms with E-state index in [0.29, 0.717) is 4.88 Å². The summed E-state index contributed by atoms with van der Waals surface area (Å²) in [4.78, 5) is 27.1. The van der Waals surface area contributed by atoms with Crippen molar-refractivity contribution in [3.63, 3.8) is 0 Å². The van der Waals surface area contributed by atoms with Crippen molar-refractivity contribution < 1.29 is 19.4 Å². The van der Waals surface area contributed by atoms with E-state index in [0.717, 1.165) is 0 Å². The summed E-state index contributed by atoms with van der Waals surface area (Å²) in [5.74, 6) is -2.24. The van der Waals surface area contributed by atoms with Crippen LogP contribution in [-0.2, 0) is 14.3 Å². The van der Waals surface area contributed by atoms with E-state index < -0.39 is 24.1 Å². The summed E-state index contributed by atoms with van der Waals surface area (Å²) >= 11 is 1.28. The Labute approximate surface area is 113 Å². The summed E-state index contributed by atoms with van der Waals surface area (Å²) in [6, 6.07) is 2.40. The van der Waals surface area contributed by atoms with E-state index in [1.54, 1.807) is 17.5 Å². The molecule has 2 atom stereocenters. The maximum atomic E-state index is 12.0. The number of nitrogens with zero attached hydrogens (tertiary/aromatic N) is 1. The number of carboxylic acid groups (broad SMARTS) is 1. The minimum absolute atomic E-state index is 0.266. The molecule has 1 amide bonds. The van der Waals surface area contributed by atoms with Gasteiger partial charge in [0.2, 0.25) is 6.23 Å². The summed E-state index contributed by atoms with van der Waals surface area (Å²) in [5, 5.41) is 12.7. The molecule has 9 heteroatoms. The molecule has 0 spiro atoms. The van der Waals surface area contributed by atoms with Gasteiger partial charge in [-0.15, -0.1) is 11.3 Å². The van der Waals surface area contributed by atoms with Gasteiger partial charge in [0.05, 0.1) is 0 Å². The molecule has 0 aliphatic carbocycles. The van der Waals surface area contributed by atoms with Gasteiger partial charge in [-0.25, -0.2) is 9.79 Å². The average molecular weight is 286 g/mol. The Balaban J connectivity index is 2.90. The Kier molecular flexibility index (Phi) is 5.27. The van der Waals surface area contributed by atoms with Crippen LogP contribution < -0.4 is 16.8 Å². The number of ether oxygens (including phenoxy) is 1. The number of carboxylic acids is 1. The van der Waals surface area contributed by atoms with Crippen molar-refractivity contribution in [1.82, 2.24) is 5.32 Å². The summed E-state index contributed by atoms with van der Waals surface area (Å²) in [6.45, 7) is 0. The SMILES string of the molecule is COC(NC(=O)C(N=C(N)N)c1cccs1)C(=O)O. The molecule has 0 saturated heterocycles. The van der Waals surface area contributed by atoms with Gasteiger partial charge in [-0.2, -0.15) is 0 Å². The van der Waals surface area contributed by atoms with E-state index in [9.17, 15) is 9.59 Å². The summed E-state index contributed by atoms with van der Waals surface area (Å²) in [6.07, 6.45) is -1.45. The molecule has 0 bridgehead atoms. The molecule has 104 valence electrons. The third-order valence-electron chi connectivity index (χ3n) is 2.07.